The molecular formula is C15H26NO3-. The Balaban J connectivity index is 2.12. The van der Waals surface area contributed by atoms with Crippen LogP contribution >= 0.6 is 0 Å². The SMILES string of the molecule is CCCCCCCCCC(=O)N1CCCC1C(=O)[O-]. The van der Waals surface area contributed by atoms with Crippen molar-refractivity contribution in [1.29, 1.82) is 0 Å². The largest absolute Gasteiger partial charge is 0.548 e. The van der Waals surface area contributed by atoms with Crippen molar-refractivity contribution >= 4 is 11.9 Å². The van der Waals surface area contributed by atoms with Crippen LogP contribution in [0.4, 0.5) is 0 Å². The summed E-state index contributed by atoms with van der Waals surface area (Å²) in [5, 5.41) is 10.9. The molecule has 1 heterocycles. The number of amides is 1. The van der Waals surface area contributed by atoms with Gasteiger partial charge in [0.2, 0.25) is 5.91 Å². The fraction of sp³-hybridized carbons (Fsp3) is 0.867. The molecule has 0 aromatic carbocycles. The minimum absolute atomic E-state index is 0.0136. The molecule has 0 bridgehead atoms. The van der Waals surface area contributed by atoms with Crippen molar-refractivity contribution in [2.24, 2.45) is 0 Å². The Labute approximate surface area is 116 Å². The Kier molecular flexibility index (Phi) is 7.53. The van der Waals surface area contributed by atoms with E-state index in [2.05, 4.69) is 6.92 Å². The standard InChI is InChI=1S/C15H27NO3/c1-2-3-4-5-6-7-8-11-14(17)16-12-9-10-13(16)15(18)19/h13H,2-12H2,1H3,(H,18,19)/p-1. The van der Waals surface area contributed by atoms with Crippen molar-refractivity contribution in [2.45, 2.75) is 77.2 Å². The summed E-state index contributed by atoms with van der Waals surface area (Å²) >= 11 is 0. The minimum Gasteiger partial charge on any atom is -0.548 e. The number of hydrogen-bond acceptors (Lipinski definition) is 3. The summed E-state index contributed by atoms with van der Waals surface area (Å²) in [5.74, 6) is -1.12. The van der Waals surface area contributed by atoms with E-state index < -0.39 is 12.0 Å². The van der Waals surface area contributed by atoms with Gasteiger partial charge in [0.1, 0.15) is 0 Å². The zero-order valence-electron chi connectivity index (χ0n) is 12.0. The summed E-state index contributed by atoms with van der Waals surface area (Å²) in [6, 6.07) is -0.683. The molecule has 0 aliphatic carbocycles. The molecule has 0 aromatic rings. The van der Waals surface area contributed by atoms with Crippen LogP contribution in [0.15, 0.2) is 0 Å². The molecule has 1 atom stereocenters. The second kappa shape index (κ2) is 8.94. The maximum atomic E-state index is 11.9. The molecule has 0 radical (unpaired) electrons. The van der Waals surface area contributed by atoms with Crippen LogP contribution in [-0.4, -0.2) is 29.4 Å². The lowest BCUT2D eigenvalue weighted by molar-refractivity contribution is -0.310. The summed E-state index contributed by atoms with van der Waals surface area (Å²) < 4.78 is 0. The molecule has 1 unspecified atom stereocenters. The number of carbonyl (C=O) groups excluding carboxylic acids is 2. The summed E-state index contributed by atoms with van der Waals surface area (Å²) in [7, 11) is 0. The molecule has 4 nitrogen and oxygen atoms in total. The van der Waals surface area contributed by atoms with Crippen molar-refractivity contribution in [3.63, 3.8) is 0 Å². The second-order valence-electron chi connectivity index (χ2n) is 5.44. The van der Waals surface area contributed by atoms with E-state index in [0.717, 1.165) is 19.3 Å². The third kappa shape index (κ3) is 5.62. The van der Waals surface area contributed by atoms with Gasteiger partial charge in [-0.25, -0.2) is 0 Å². The molecule has 1 amide bonds. The number of carboxylic acid groups (broad SMARTS) is 1. The molecule has 4 heteroatoms. The van der Waals surface area contributed by atoms with E-state index in [1.54, 1.807) is 0 Å². The summed E-state index contributed by atoms with van der Waals surface area (Å²) in [6.07, 6.45) is 10.00. The fourth-order valence-corrected chi connectivity index (χ4v) is 2.69. The van der Waals surface area contributed by atoms with Gasteiger partial charge in [-0.1, -0.05) is 45.4 Å². The summed E-state index contributed by atoms with van der Waals surface area (Å²) in [6.45, 7) is 2.77. The number of unbranched alkanes of at least 4 members (excludes halogenated alkanes) is 6. The third-order valence-corrected chi connectivity index (χ3v) is 3.84. The number of carbonyl (C=O) groups is 2. The molecule has 1 saturated heterocycles. The van der Waals surface area contributed by atoms with E-state index in [4.69, 9.17) is 0 Å². The molecule has 1 aliphatic rings. The fourth-order valence-electron chi connectivity index (χ4n) is 2.69. The Morgan fingerprint density at radius 2 is 1.74 bits per heavy atom. The number of hydrogen-bond donors (Lipinski definition) is 0. The highest BCUT2D eigenvalue weighted by Crippen LogP contribution is 2.19. The van der Waals surface area contributed by atoms with Gasteiger partial charge in [0.25, 0.3) is 0 Å². The van der Waals surface area contributed by atoms with Crippen LogP contribution in [0, 0.1) is 0 Å². The van der Waals surface area contributed by atoms with E-state index in [9.17, 15) is 14.7 Å². The second-order valence-corrected chi connectivity index (χ2v) is 5.44. The lowest BCUT2D eigenvalue weighted by Crippen LogP contribution is -2.46. The Morgan fingerprint density at radius 3 is 2.37 bits per heavy atom. The van der Waals surface area contributed by atoms with Crippen molar-refractivity contribution < 1.29 is 14.7 Å². The van der Waals surface area contributed by atoms with E-state index >= 15 is 0 Å². The number of likely N-dealkylation sites (tertiary alicyclic amines) is 1. The molecule has 0 aromatic heterocycles. The molecule has 1 rings (SSSR count). The average Bonchev–Trinajstić information content (AvgIpc) is 2.87. The van der Waals surface area contributed by atoms with Crippen LogP contribution < -0.4 is 5.11 Å². The monoisotopic (exact) mass is 268 g/mol. The molecule has 19 heavy (non-hydrogen) atoms. The van der Waals surface area contributed by atoms with Gasteiger partial charge in [-0.2, -0.15) is 0 Å². The van der Waals surface area contributed by atoms with Gasteiger partial charge in [-0.05, 0) is 19.3 Å². The third-order valence-electron chi connectivity index (χ3n) is 3.84. The van der Waals surface area contributed by atoms with Crippen LogP contribution in [0.1, 0.15) is 71.1 Å². The molecular weight excluding hydrogens is 242 g/mol. The average molecular weight is 268 g/mol. The smallest absolute Gasteiger partial charge is 0.223 e. The lowest BCUT2D eigenvalue weighted by atomic mass is 10.1. The van der Waals surface area contributed by atoms with Gasteiger partial charge in [0.15, 0.2) is 0 Å². The van der Waals surface area contributed by atoms with Crippen LogP contribution in [0.3, 0.4) is 0 Å². The van der Waals surface area contributed by atoms with Crippen LogP contribution in [0.5, 0.6) is 0 Å². The van der Waals surface area contributed by atoms with Gasteiger partial charge in [0.05, 0.1) is 12.0 Å². The zero-order chi connectivity index (χ0) is 14.1. The molecule has 0 saturated carbocycles. The number of aliphatic carboxylic acids is 1. The van der Waals surface area contributed by atoms with E-state index in [1.807, 2.05) is 0 Å². The van der Waals surface area contributed by atoms with Gasteiger partial charge in [0, 0.05) is 13.0 Å². The first-order valence-electron chi connectivity index (χ1n) is 7.67. The minimum atomic E-state index is -1.11. The summed E-state index contributed by atoms with van der Waals surface area (Å²) in [4.78, 5) is 24.3. The maximum absolute atomic E-state index is 11.9. The molecule has 110 valence electrons. The topological polar surface area (TPSA) is 60.4 Å². The first-order valence-corrected chi connectivity index (χ1v) is 7.67. The Morgan fingerprint density at radius 1 is 1.11 bits per heavy atom. The Bertz CT molecular complexity index is 291. The molecule has 1 aliphatic heterocycles. The van der Waals surface area contributed by atoms with Crippen molar-refractivity contribution in [3.05, 3.63) is 0 Å². The van der Waals surface area contributed by atoms with Gasteiger partial charge < -0.3 is 14.8 Å². The van der Waals surface area contributed by atoms with Gasteiger partial charge in [-0.15, -0.1) is 0 Å². The zero-order valence-corrected chi connectivity index (χ0v) is 12.0. The van der Waals surface area contributed by atoms with Crippen LogP contribution in [-0.2, 0) is 9.59 Å². The predicted octanol–water partition coefficient (Wildman–Crippen LogP) is 1.87. The van der Waals surface area contributed by atoms with E-state index in [0.29, 0.717) is 19.4 Å². The highest BCUT2D eigenvalue weighted by molar-refractivity contribution is 5.83. The molecule has 0 N–H and O–H groups in total. The Hall–Kier alpha value is -1.06. The van der Waals surface area contributed by atoms with Crippen molar-refractivity contribution in [3.8, 4) is 0 Å². The lowest BCUT2D eigenvalue weighted by Gasteiger charge is -2.25. The quantitative estimate of drug-likeness (QED) is 0.600. The van der Waals surface area contributed by atoms with Crippen LogP contribution in [0.2, 0.25) is 0 Å². The molecule has 0 spiro atoms. The predicted molar refractivity (Wildman–Crippen MR) is 72.4 cm³/mol. The van der Waals surface area contributed by atoms with Gasteiger partial charge in [-0.3, -0.25) is 4.79 Å². The highest BCUT2D eigenvalue weighted by atomic mass is 16.4. The summed E-state index contributed by atoms with van der Waals surface area (Å²) in [5.41, 5.74) is 0. The number of carboxylic acids is 1. The van der Waals surface area contributed by atoms with Crippen LogP contribution in [0.25, 0.3) is 0 Å². The van der Waals surface area contributed by atoms with E-state index in [1.165, 1.54) is 37.0 Å². The van der Waals surface area contributed by atoms with Crippen molar-refractivity contribution in [1.82, 2.24) is 4.90 Å². The number of rotatable bonds is 9. The molecule has 1 fully saturated rings. The highest BCUT2D eigenvalue weighted by Gasteiger charge is 2.28. The number of nitrogens with zero attached hydrogens (tertiary/aromatic N) is 1. The maximum Gasteiger partial charge on any atom is 0.223 e. The van der Waals surface area contributed by atoms with Crippen molar-refractivity contribution in [2.75, 3.05) is 6.54 Å². The first kappa shape index (κ1) is 16.0. The van der Waals surface area contributed by atoms with E-state index in [-0.39, 0.29) is 5.91 Å². The first-order chi connectivity index (χ1) is 9.16. The van der Waals surface area contributed by atoms with Gasteiger partial charge >= 0.3 is 0 Å². The normalized spacial score (nSPS) is 18.8.